The maximum absolute atomic E-state index is 13.1. The number of unbranched alkanes of at least 4 members (excludes halogenated alkanes) is 35. The van der Waals surface area contributed by atoms with E-state index in [0.717, 1.165) is 83.5 Å². The van der Waals surface area contributed by atoms with Gasteiger partial charge in [0.15, 0.2) is 6.29 Å². The second kappa shape index (κ2) is 63.9. The van der Waals surface area contributed by atoms with Crippen LogP contribution >= 0.6 is 0 Å². The average molecular weight is 1190 g/mol. The Bertz CT molecular complexity index is 1710. The van der Waals surface area contributed by atoms with Gasteiger partial charge in [0.1, 0.15) is 24.4 Å². The predicted molar refractivity (Wildman–Crippen MR) is 364 cm³/mol. The zero-order valence-electron chi connectivity index (χ0n) is 54.8. The molecule has 1 aliphatic heterocycles. The number of allylic oxidation sites excluding steroid dienone is 17. The number of carbonyl (C=O) groups is 1. The van der Waals surface area contributed by atoms with Crippen molar-refractivity contribution in [2.24, 2.45) is 0 Å². The molecule has 0 aromatic heterocycles. The molecule has 0 spiro atoms. The lowest BCUT2D eigenvalue weighted by atomic mass is 9.99. The van der Waals surface area contributed by atoms with Crippen molar-refractivity contribution in [3.05, 3.63) is 109 Å². The summed E-state index contributed by atoms with van der Waals surface area (Å²) in [7, 11) is 0. The molecule has 7 atom stereocenters. The Kier molecular flexibility index (Phi) is 60.0. The van der Waals surface area contributed by atoms with Crippen LogP contribution in [-0.2, 0) is 14.3 Å². The van der Waals surface area contributed by atoms with Gasteiger partial charge in [-0.25, -0.2) is 0 Å². The molecule has 0 radical (unpaired) electrons. The van der Waals surface area contributed by atoms with Crippen LogP contribution in [-0.4, -0.2) is 87.5 Å². The molecule has 1 aliphatic rings. The molecule has 7 unspecified atom stereocenters. The lowest BCUT2D eigenvalue weighted by Gasteiger charge is -2.40. The molecule has 490 valence electrons. The SMILES string of the molecule is CC/C=C\C/C=C\C/C=C\C/C=C\C/C=C\C/C=C\CCCCCCCCCCCCCCCCCCCCCCCCC(=O)NC(COC1OC(CO)C(O)C(O)C1O)C(O)/C=C/CC/C=C/CC/C=C/CCCCCCCCCCCCC. The molecule has 9 heteroatoms. The number of hydrogen-bond donors (Lipinski definition) is 6. The van der Waals surface area contributed by atoms with Crippen molar-refractivity contribution in [2.45, 2.75) is 352 Å². The molecule has 1 saturated heterocycles. The van der Waals surface area contributed by atoms with Crippen molar-refractivity contribution >= 4 is 5.91 Å². The summed E-state index contributed by atoms with van der Waals surface area (Å²) in [5, 5.41) is 54.7. The first-order valence-electron chi connectivity index (χ1n) is 35.6. The standard InChI is InChI=1S/C76H133NO8/c1-3-5-7-9-11-13-15-17-19-21-23-25-26-27-28-29-30-31-32-33-34-35-36-37-38-39-40-41-42-43-44-46-48-50-52-54-56-58-60-62-64-66-72(80)77-69(68-84-76-75(83)74(82)73(81)71(67-78)85-76)70(79)65-63-61-59-57-55-53-51-49-47-45-24-22-20-18-16-14-12-10-8-6-4-2/h5,7,11,13,17,19,23,25,27-28,30-31,47,49,55,57,63,65,69-71,73-76,78-79,81-83H,3-4,6,8-10,12,14-16,18,20-22,24,26,29,32-46,48,50-54,56,58-62,64,66-68H2,1-2H3,(H,77,80)/b7-5-,13-11-,19-17-,25-23-,28-27-,31-30-,49-47+,57-55+,65-63+. The quantitative estimate of drug-likeness (QED) is 0.0261. The topological polar surface area (TPSA) is 149 Å². The molecule has 0 aliphatic carbocycles. The molecule has 0 bridgehead atoms. The van der Waals surface area contributed by atoms with Crippen LogP contribution < -0.4 is 5.32 Å². The minimum absolute atomic E-state index is 0.189. The van der Waals surface area contributed by atoms with E-state index < -0.39 is 49.5 Å². The molecular weight excluding hydrogens is 1050 g/mol. The summed E-state index contributed by atoms with van der Waals surface area (Å²) < 4.78 is 11.3. The van der Waals surface area contributed by atoms with E-state index in [4.69, 9.17) is 9.47 Å². The Labute approximate surface area is 523 Å². The molecule has 0 saturated carbocycles. The molecule has 85 heavy (non-hydrogen) atoms. The van der Waals surface area contributed by atoms with Gasteiger partial charge in [-0.05, 0) is 96.3 Å². The van der Waals surface area contributed by atoms with Gasteiger partial charge in [-0.15, -0.1) is 0 Å². The van der Waals surface area contributed by atoms with E-state index in [9.17, 15) is 30.3 Å². The Balaban J connectivity index is 2.09. The monoisotopic (exact) mass is 1190 g/mol. The number of carbonyl (C=O) groups excluding carboxylic acids is 1. The summed E-state index contributed by atoms with van der Waals surface area (Å²) >= 11 is 0. The van der Waals surface area contributed by atoms with Crippen LogP contribution in [0, 0.1) is 0 Å². The summed E-state index contributed by atoms with van der Waals surface area (Å²) in [6.45, 7) is 3.66. The summed E-state index contributed by atoms with van der Waals surface area (Å²) in [5.74, 6) is -0.189. The Morgan fingerprint density at radius 3 is 1.13 bits per heavy atom. The predicted octanol–water partition coefficient (Wildman–Crippen LogP) is 19.6. The van der Waals surface area contributed by atoms with Crippen molar-refractivity contribution in [3.63, 3.8) is 0 Å². The largest absolute Gasteiger partial charge is 0.394 e. The second-order valence-electron chi connectivity index (χ2n) is 24.3. The number of amides is 1. The third-order valence-electron chi connectivity index (χ3n) is 16.3. The van der Waals surface area contributed by atoms with Crippen molar-refractivity contribution in [1.82, 2.24) is 5.32 Å². The van der Waals surface area contributed by atoms with Crippen LogP contribution in [0.25, 0.3) is 0 Å². The van der Waals surface area contributed by atoms with Crippen molar-refractivity contribution in [3.8, 4) is 0 Å². The zero-order chi connectivity index (χ0) is 61.4. The summed E-state index contributed by atoms with van der Waals surface area (Å²) in [5.41, 5.74) is 0. The molecule has 9 nitrogen and oxygen atoms in total. The summed E-state index contributed by atoms with van der Waals surface area (Å²) in [6, 6.07) is -0.833. The molecule has 1 rings (SSSR count). The van der Waals surface area contributed by atoms with Crippen LogP contribution in [0.1, 0.15) is 309 Å². The molecule has 1 heterocycles. The Morgan fingerprint density at radius 1 is 0.412 bits per heavy atom. The van der Waals surface area contributed by atoms with Gasteiger partial charge < -0.3 is 40.3 Å². The Morgan fingerprint density at radius 2 is 0.741 bits per heavy atom. The molecule has 0 aromatic rings. The molecular formula is C76H133NO8. The first kappa shape index (κ1) is 79.9. The van der Waals surface area contributed by atoms with E-state index in [1.807, 2.05) is 6.08 Å². The number of rotatable bonds is 61. The van der Waals surface area contributed by atoms with E-state index in [-0.39, 0.29) is 12.5 Å². The van der Waals surface area contributed by atoms with Crippen molar-refractivity contribution < 1.29 is 39.8 Å². The zero-order valence-corrected chi connectivity index (χ0v) is 54.8. The van der Waals surface area contributed by atoms with Gasteiger partial charge in [-0.3, -0.25) is 4.79 Å². The van der Waals surface area contributed by atoms with Gasteiger partial charge in [-0.2, -0.15) is 0 Å². The maximum Gasteiger partial charge on any atom is 0.220 e. The lowest BCUT2D eigenvalue weighted by Crippen LogP contribution is -2.60. The van der Waals surface area contributed by atoms with E-state index in [1.54, 1.807) is 6.08 Å². The van der Waals surface area contributed by atoms with E-state index in [1.165, 1.54) is 205 Å². The van der Waals surface area contributed by atoms with E-state index in [2.05, 4.69) is 116 Å². The average Bonchev–Trinajstić information content (AvgIpc) is 3.68. The highest BCUT2D eigenvalue weighted by molar-refractivity contribution is 5.76. The van der Waals surface area contributed by atoms with Crippen LogP contribution in [0.3, 0.4) is 0 Å². The highest BCUT2D eigenvalue weighted by atomic mass is 16.7. The van der Waals surface area contributed by atoms with Crippen LogP contribution in [0.15, 0.2) is 109 Å². The maximum atomic E-state index is 13.1. The first-order chi connectivity index (χ1) is 41.8. The van der Waals surface area contributed by atoms with Gasteiger partial charge >= 0.3 is 0 Å². The number of aliphatic hydroxyl groups excluding tert-OH is 5. The van der Waals surface area contributed by atoms with Crippen molar-refractivity contribution in [1.29, 1.82) is 0 Å². The minimum atomic E-state index is -1.58. The van der Waals surface area contributed by atoms with Crippen LogP contribution in [0.4, 0.5) is 0 Å². The fraction of sp³-hybridized carbons (Fsp3) is 0.750. The van der Waals surface area contributed by atoms with Crippen LogP contribution in [0.2, 0.25) is 0 Å². The second-order valence-corrected chi connectivity index (χ2v) is 24.3. The summed E-state index contributed by atoms with van der Waals surface area (Å²) in [4.78, 5) is 13.1. The van der Waals surface area contributed by atoms with E-state index in [0.29, 0.717) is 6.42 Å². The fourth-order valence-corrected chi connectivity index (χ4v) is 10.8. The molecule has 6 N–H and O–H groups in total. The normalized spacial score (nSPS) is 18.8. The Hall–Kier alpha value is -3.15. The van der Waals surface area contributed by atoms with Gasteiger partial charge in [-0.1, -0.05) is 316 Å². The van der Waals surface area contributed by atoms with Gasteiger partial charge in [0, 0.05) is 6.42 Å². The fourth-order valence-electron chi connectivity index (χ4n) is 10.8. The number of aliphatic hydroxyl groups is 5. The van der Waals surface area contributed by atoms with Gasteiger partial charge in [0.05, 0.1) is 25.4 Å². The molecule has 0 aromatic carbocycles. The number of hydrogen-bond acceptors (Lipinski definition) is 8. The lowest BCUT2D eigenvalue weighted by molar-refractivity contribution is -0.302. The van der Waals surface area contributed by atoms with Crippen molar-refractivity contribution in [2.75, 3.05) is 13.2 Å². The number of ether oxygens (including phenoxy) is 2. The smallest absolute Gasteiger partial charge is 0.220 e. The van der Waals surface area contributed by atoms with Gasteiger partial charge in [0.2, 0.25) is 5.91 Å². The van der Waals surface area contributed by atoms with E-state index >= 15 is 0 Å². The molecule has 1 fully saturated rings. The summed E-state index contributed by atoms with van der Waals surface area (Å²) in [6.07, 6.45) is 87.8. The van der Waals surface area contributed by atoms with Crippen LogP contribution in [0.5, 0.6) is 0 Å². The number of nitrogens with one attached hydrogen (secondary N) is 1. The molecule has 1 amide bonds. The first-order valence-corrected chi connectivity index (χ1v) is 35.6. The third kappa shape index (κ3) is 52.5. The highest BCUT2D eigenvalue weighted by Gasteiger charge is 2.44. The minimum Gasteiger partial charge on any atom is -0.394 e. The highest BCUT2D eigenvalue weighted by Crippen LogP contribution is 2.23. The third-order valence-corrected chi connectivity index (χ3v) is 16.3. The van der Waals surface area contributed by atoms with Gasteiger partial charge in [0.25, 0.3) is 0 Å².